The van der Waals surface area contributed by atoms with E-state index in [9.17, 15) is 17.6 Å². The predicted molar refractivity (Wildman–Crippen MR) is 87.1 cm³/mol. The molecule has 0 aliphatic carbocycles. The van der Waals surface area contributed by atoms with Gasteiger partial charge in [0.2, 0.25) is 10.0 Å². The number of sulfonamides is 1. The third-order valence-electron chi connectivity index (χ3n) is 3.73. The first-order valence-electron chi connectivity index (χ1n) is 7.07. The molecule has 1 aromatic carbocycles. The monoisotopic (exact) mass is 354 g/mol. The Balaban J connectivity index is 1.73. The van der Waals surface area contributed by atoms with Gasteiger partial charge in [0, 0.05) is 26.2 Å². The largest absolute Gasteiger partial charge is 0.361 e. The van der Waals surface area contributed by atoms with E-state index in [1.165, 1.54) is 33.8 Å². The SMILES string of the molecule is O=Cc1ccc(N2CCN(S(=O)(=O)c3ccccc3F)CC2)s1. The summed E-state index contributed by atoms with van der Waals surface area (Å²) in [4.78, 5) is 13.1. The summed E-state index contributed by atoms with van der Waals surface area (Å²) < 4.78 is 40.1. The van der Waals surface area contributed by atoms with Crippen molar-refractivity contribution in [1.82, 2.24) is 4.31 Å². The van der Waals surface area contributed by atoms with Gasteiger partial charge in [-0.25, -0.2) is 12.8 Å². The highest BCUT2D eigenvalue weighted by atomic mass is 32.2. The van der Waals surface area contributed by atoms with Crippen molar-refractivity contribution in [2.24, 2.45) is 0 Å². The van der Waals surface area contributed by atoms with E-state index in [1.54, 1.807) is 6.07 Å². The van der Waals surface area contributed by atoms with Crippen molar-refractivity contribution in [2.45, 2.75) is 4.90 Å². The Morgan fingerprint density at radius 2 is 1.74 bits per heavy atom. The number of carbonyl (C=O) groups is 1. The molecule has 23 heavy (non-hydrogen) atoms. The van der Waals surface area contributed by atoms with Crippen LogP contribution in [0, 0.1) is 5.82 Å². The number of carbonyl (C=O) groups excluding carboxylic acids is 1. The number of rotatable bonds is 4. The number of thiophene rings is 1. The molecule has 1 fully saturated rings. The molecule has 1 aliphatic rings. The summed E-state index contributed by atoms with van der Waals surface area (Å²) in [5, 5.41) is 0.940. The average molecular weight is 354 g/mol. The molecule has 5 nitrogen and oxygen atoms in total. The molecule has 1 aliphatic heterocycles. The van der Waals surface area contributed by atoms with E-state index in [2.05, 4.69) is 0 Å². The number of halogens is 1. The van der Waals surface area contributed by atoms with Gasteiger partial charge in [-0.2, -0.15) is 4.31 Å². The minimum atomic E-state index is -3.82. The van der Waals surface area contributed by atoms with Gasteiger partial charge in [0.15, 0.2) is 6.29 Å². The van der Waals surface area contributed by atoms with Crippen molar-refractivity contribution < 1.29 is 17.6 Å². The maximum Gasteiger partial charge on any atom is 0.246 e. The van der Waals surface area contributed by atoms with Crippen LogP contribution in [0.2, 0.25) is 0 Å². The fourth-order valence-corrected chi connectivity index (χ4v) is 4.88. The van der Waals surface area contributed by atoms with Crippen molar-refractivity contribution >= 4 is 32.6 Å². The maximum absolute atomic E-state index is 13.8. The summed E-state index contributed by atoms with van der Waals surface area (Å²) in [6.45, 7) is 1.58. The van der Waals surface area contributed by atoms with Gasteiger partial charge in [0.1, 0.15) is 10.7 Å². The molecule has 0 spiro atoms. The molecular weight excluding hydrogens is 339 g/mol. The van der Waals surface area contributed by atoms with E-state index >= 15 is 0 Å². The van der Waals surface area contributed by atoms with Crippen molar-refractivity contribution in [3.8, 4) is 0 Å². The van der Waals surface area contributed by atoms with Crippen LogP contribution in [0.5, 0.6) is 0 Å². The van der Waals surface area contributed by atoms with E-state index in [-0.39, 0.29) is 18.0 Å². The third kappa shape index (κ3) is 3.15. The zero-order chi connectivity index (χ0) is 16.4. The van der Waals surface area contributed by atoms with Crippen LogP contribution in [0.1, 0.15) is 9.67 Å². The molecular formula is C15H15FN2O3S2. The smallest absolute Gasteiger partial charge is 0.246 e. The standard InChI is InChI=1S/C15H15FN2O3S2/c16-13-3-1-2-4-14(13)23(20,21)18-9-7-17(8-10-18)15-6-5-12(11-19)22-15/h1-6,11H,7-10H2. The lowest BCUT2D eigenvalue weighted by Crippen LogP contribution is -2.48. The second kappa shape index (κ2) is 6.38. The van der Waals surface area contributed by atoms with Crippen LogP contribution in [0.25, 0.3) is 0 Å². The van der Waals surface area contributed by atoms with Gasteiger partial charge < -0.3 is 4.90 Å². The van der Waals surface area contributed by atoms with Gasteiger partial charge in [-0.1, -0.05) is 12.1 Å². The van der Waals surface area contributed by atoms with Crippen LogP contribution < -0.4 is 4.90 Å². The quantitative estimate of drug-likeness (QED) is 0.790. The van der Waals surface area contributed by atoms with Gasteiger partial charge >= 0.3 is 0 Å². The lowest BCUT2D eigenvalue weighted by molar-refractivity contribution is 0.112. The van der Waals surface area contributed by atoms with Gasteiger partial charge in [-0.15, -0.1) is 11.3 Å². The highest BCUT2D eigenvalue weighted by Crippen LogP contribution is 2.27. The van der Waals surface area contributed by atoms with E-state index in [4.69, 9.17) is 0 Å². The molecule has 0 radical (unpaired) electrons. The molecule has 0 N–H and O–H groups in total. The van der Waals surface area contributed by atoms with Crippen molar-refractivity contribution in [2.75, 3.05) is 31.1 Å². The normalized spacial score (nSPS) is 16.5. The Bertz CT molecular complexity index is 812. The lowest BCUT2D eigenvalue weighted by atomic mass is 10.3. The number of nitrogens with zero attached hydrogens (tertiary/aromatic N) is 2. The fraction of sp³-hybridized carbons (Fsp3) is 0.267. The highest BCUT2D eigenvalue weighted by Gasteiger charge is 2.30. The summed E-state index contributed by atoms with van der Waals surface area (Å²) in [5.41, 5.74) is 0. The van der Waals surface area contributed by atoms with Crippen molar-refractivity contribution in [3.05, 3.63) is 47.1 Å². The predicted octanol–water partition coefficient (Wildman–Crippen LogP) is 2.21. The second-order valence-electron chi connectivity index (χ2n) is 5.12. The number of hydrogen-bond donors (Lipinski definition) is 0. The summed E-state index contributed by atoms with van der Waals surface area (Å²) in [6.07, 6.45) is 0.799. The lowest BCUT2D eigenvalue weighted by Gasteiger charge is -2.34. The molecule has 1 aromatic heterocycles. The molecule has 2 aromatic rings. The topological polar surface area (TPSA) is 57.7 Å². The average Bonchev–Trinajstić information content (AvgIpc) is 3.04. The summed E-state index contributed by atoms with van der Waals surface area (Å²) >= 11 is 1.38. The Hall–Kier alpha value is -1.77. The Morgan fingerprint density at radius 3 is 2.35 bits per heavy atom. The van der Waals surface area contributed by atoms with E-state index in [0.29, 0.717) is 18.0 Å². The minimum absolute atomic E-state index is 0.283. The number of piperazine rings is 1. The van der Waals surface area contributed by atoms with Gasteiger partial charge in [-0.05, 0) is 24.3 Å². The molecule has 0 amide bonds. The van der Waals surface area contributed by atoms with Crippen LogP contribution >= 0.6 is 11.3 Å². The Morgan fingerprint density at radius 1 is 1.04 bits per heavy atom. The molecule has 0 atom stereocenters. The Labute approximate surface area is 138 Å². The Kier molecular flexibility index (Phi) is 4.47. The van der Waals surface area contributed by atoms with Crippen LogP contribution in [-0.2, 0) is 10.0 Å². The second-order valence-corrected chi connectivity index (χ2v) is 8.12. The van der Waals surface area contributed by atoms with E-state index in [1.807, 2.05) is 11.0 Å². The van der Waals surface area contributed by atoms with E-state index < -0.39 is 15.8 Å². The van der Waals surface area contributed by atoms with Crippen LogP contribution in [-0.4, -0.2) is 45.2 Å². The molecule has 0 unspecified atom stereocenters. The summed E-state index contributed by atoms with van der Waals surface area (Å²) in [7, 11) is -3.82. The van der Waals surface area contributed by atoms with Gasteiger partial charge in [-0.3, -0.25) is 4.79 Å². The molecule has 2 heterocycles. The third-order valence-corrected chi connectivity index (χ3v) is 6.74. The van der Waals surface area contributed by atoms with Gasteiger partial charge in [0.25, 0.3) is 0 Å². The van der Waals surface area contributed by atoms with Crippen molar-refractivity contribution in [3.63, 3.8) is 0 Å². The van der Waals surface area contributed by atoms with Crippen molar-refractivity contribution in [1.29, 1.82) is 0 Å². The molecule has 3 rings (SSSR count). The molecule has 0 saturated carbocycles. The molecule has 1 saturated heterocycles. The number of anilines is 1. The first-order chi connectivity index (χ1) is 11.0. The zero-order valence-corrected chi connectivity index (χ0v) is 13.8. The van der Waals surface area contributed by atoms with E-state index in [0.717, 1.165) is 17.4 Å². The highest BCUT2D eigenvalue weighted by molar-refractivity contribution is 7.89. The zero-order valence-electron chi connectivity index (χ0n) is 12.2. The van der Waals surface area contributed by atoms with Crippen LogP contribution in [0.15, 0.2) is 41.3 Å². The molecule has 122 valence electrons. The summed E-state index contributed by atoms with van der Waals surface area (Å²) in [6, 6.07) is 9.01. The minimum Gasteiger partial charge on any atom is -0.361 e. The maximum atomic E-state index is 13.8. The van der Waals surface area contributed by atoms with Crippen LogP contribution in [0.3, 0.4) is 0 Å². The first-order valence-corrected chi connectivity index (χ1v) is 9.32. The molecule has 0 bridgehead atoms. The summed E-state index contributed by atoms with van der Waals surface area (Å²) in [5.74, 6) is -0.733. The number of benzene rings is 1. The first kappa shape index (κ1) is 16.1. The number of hydrogen-bond acceptors (Lipinski definition) is 5. The number of aldehydes is 1. The van der Waals surface area contributed by atoms with Gasteiger partial charge in [0.05, 0.1) is 9.88 Å². The molecule has 8 heteroatoms. The fourth-order valence-electron chi connectivity index (χ4n) is 2.52. The van der Waals surface area contributed by atoms with Crippen LogP contribution in [0.4, 0.5) is 9.39 Å².